The highest BCUT2D eigenvalue weighted by Crippen LogP contribution is 2.24. The minimum absolute atomic E-state index is 0.637. The second-order valence-electron chi connectivity index (χ2n) is 4.36. The normalized spacial score (nSPS) is 16.7. The molecule has 1 saturated heterocycles. The van der Waals surface area contributed by atoms with Crippen LogP contribution < -0.4 is 5.32 Å². The molecule has 0 unspecified atom stereocenters. The zero-order valence-electron chi connectivity index (χ0n) is 9.66. The van der Waals surface area contributed by atoms with Crippen LogP contribution in [0, 0.1) is 0 Å². The molecule has 0 spiro atoms. The zero-order chi connectivity index (χ0) is 10.7. The predicted octanol–water partition coefficient (Wildman–Crippen LogP) is 2.67. The van der Waals surface area contributed by atoms with E-state index in [4.69, 9.17) is 4.98 Å². The van der Waals surface area contributed by atoms with Crippen molar-refractivity contribution in [3.8, 4) is 0 Å². The largest absolute Gasteiger partial charge is 0.315 e. The van der Waals surface area contributed by atoms with E-state index < -0.39 is 0 Å². The maximum atomic E-state index is 4.80. The molecule has 0 aliphatic carbocycles. The van der Waals surface area contributed by atoms with Crippen LogP contribution >= 0.6 is 0 Å². The van der Waals surface area contributed by atoms with Gasteiger partial charge in [-0.05, 0) is 25.0 Å². The van der Waals surface area contributed by atoms with E-state index in [1.807, 2.05) is 0 Å². The third kappa shape index (κ3) is 2.20. The van der Waals surface area contributed by atoms with Gasteiger partial charge < -0.3 is 5.32 Å². The van der Waals surface area contributed by atoms with Gasteiger partial charge in [0.05, 0.1) is 0 Å². The van der Waals surface area contributed by atoms with Crippen molar-refractivity contribution in [2.75, 3.05) is 13.1 Å². The fourth-order valence-corrected chi connectivity index (χ4v) is 2.13. The van der Waals surface area contributed by atoms with Gasteiger partial charge in [0, 0.05) is 36.3 Å². The van der Waals surface area contributed by atoms with E-state index in [2.05, 4.69) is 37.4 Å². The molecule has 82 valence electrons. The number of hydrogen-bond acceptors (Lipinski definition) is 2. The third-order valence-electron chi connectivity index (χ3n) is 3.40. The lowest BCUT2D eigenvalue weighted by atomic mass is 9.95. The van der Waals surface area contributed by atoms with Crippen LogP contribution in [0.3, 0.4) is 0 Å². The molecule has 1 aromatic heterocycles. The summed E-state index contributed by atoms with van der Waals surface area (Å²) >= 11 is 0. The molecule has 1 aliphatic heterocycles. The van der Waals surface area contributed by atoms with Gasteiger partial charge >= 0.3 is 0 Å². The van der Waals surface area contributed by atoms with E-state index in [1.54, 1.807) is 0 Å². The first-order chi connectivity index (χ1) is 7.35. The zero-order valence-corrected chi connectivity index (χ0v) is 9.66. The summed E-state index contributed by atoms with van der Waals surface area (Å²) in [6.45, 7) is 6.68. The fraction of sp³-hybridized carbons (Fsp3) is 0.615. The number of hydrogen-bond donors (Lipinski definition) is 1. The third-order valence-corrected chi connectivity index (χ3v) is 3.40. The fourth-order valence-electron chi connectivity index (χ4n) is 2.13. The first kappa shape index (κ1) is 10.6. The summed E-state index contributed by atoms with van der Waals surface area (Å²) in [5, 5.41) is 3.30. The van der Waals surface area contributed by atoms with E-state index >= 15 is 0 Å². The highest BCUT2D eigenvalue weighted by Gasteiger charge is 2.20. The molecule has 0 bridgehead atoms. The Hall–Kier alpha value is -0.890. The van der Waals surface area contributed by atoms with Crippen LogP contribution in [0.2, 0.25) is 0 Å². The lowest BCUT2D eigenvalue weighted by Crippen LogP contribution is -2.40. The number of pyridine rings is 1. The molecule has 0 aromatic carbocycles. The van der Waals surface area contributed by atoms with E-state index in [0.717, 1.165) is 13.1 Å². The summed E-state index contributed by atoms with van der Waals surface area (Å²) in [5.74, 6) is 1.29. The molecule has 2 heteroatoms. The van der Waals surface area contributed by atoms with E-state index in [1.165, 1.54) is 24.2 Å². The van der Waals surface area contributed by atoms with Crippen molar-refractivity contribution >= 4 is 0 Å². The molecule has 1 aromatic rings. The van der Waals surface area contributed by atoms with Crippen LogP contribution in [0.1, 0.15) is 49.9 Å². The van der Waals surface area contributed by atoms with Gasteiger partial charge in [0.1, 0.15) is 0 Å². The molecule has 2 heterocycles. The van der Waals surface area contributed by atoms with Crippen molar-refractivity contribution in [3.63, 3.8) is 0 Å². The molecule has 0 radical (unpaired) electrons. The highest BCUT2D eigenvalue weighted by atomic mass is 15.0. The number of nitrogens with one attached hydrogen (secondary N) is 1. The van der Waals surface area contributed by atoms with Crippen molar-refractivity contribution in [3.05, 3.63) is 29.6 Å². The molecular weight excluding hydrogens is 184 g/mol. The second-order valence-corrected chi connectivity index (χ2v) is 4.36. The summed E-state index contributed by atoms with van der Waals surface area (Å²) in [6, 6.07) is 6.50. The number of rotatable bonds is 4. The first-order valence-electron chi connectivity index (χ1n) is 6.02. The molecule has 1 aliphatic rings. The predicted molar refractivity (Wildman–Crippen MR) is 63.2 cm³/mol. The number of nitrogens with zero attached hydrogens (tertiary/aromatic N) is 1. The van der Waals surface area contributed by atoms with Crippen molar-refractivity contribution in [2.24, 2.45) is 0 Å². The molecule has 1 N–H and O–H groups in total. The highest BCUT2D eigenvalue weighted by molar-refractivity contribution is 5.19. The van der Waals surface area contributed by atoms with Gasteiger partial charge in [-0.15, -0.1) is 0 Å². The Balaban J connectivity index is 2.17. The van der Waals surface area contributed by atoms with E-state index in [0.29, 0.717) is 11.8 Å². The summed E-state index contributed by atoms with van der Waals surface area (Å²) < 4.78 is 0. The average molecular weight is 204 g/mol. The number of aromatic nitrogens is 1. The SMILES string of the molecule is CCC(CC)c1cccc(C2CNC2)n1. The summed E-state index contributed by atoms with van der Waals surface area (Å²) in [6.07, 6.45) is 2.38. The minimum atomic E-state index is 0.637. The van der Waals surface area contributed by atoms with Crippen LogP contribution in [0.25, 0.3) is 0 Å². The Morgan fingerprint density at radius 3 is 2.60 bits per heavy atom. The Kier molecular flexibility index (Phi) is 3.37. The van der Waals surface area contributed by atoms with Crippen molar-refractivity contribution < 1.29 is 0 Å². The van der Waals surface area contributed by atoms with Crippen LogP contribution in [-0.2, 0) is 0 Å². The Bertz CT molecular complexity index is 314. The monoisotopic (exact) mass is 204 g/mol. The quantitative estimate of drug-likeness (QED) is 0.815. The van der Waals surface area contributed by atoms with Crippen molar-refractivity contribution in [2.45, 2.75) is 38.5 Å². The molecule has 0 saturated carbocycles. The molecule has 1 fully saturated rings. The lowest BCUT2D eigenvalue weighted by Gasteiger charge is -2.27. The lowest BCUT2D eigenvalue weighted by molar-refractivity contribution is 0.437. The van der Waals surface area contributed by atoms with Crippen LogP contribution in [0.5, 0.6) is 0 Å². The maximum absolute atomic E-state index is 4.80. The van der Waals surface area contributed by atoms with Crippen LogP contribution in [0.4, 0.5) is 0 Å². The van der Waals surface area contributed by atoms with Crippen LogP contribution in [-0.4, -0.2) is 18.1 Å². The molecule has 0 atom stereocenters. The van der Waals surface area contributed by atoms with Gasteiger partial charge in [0.25, 0.3) is 0 Å². The summed E-state index contributed by atoms with van der Waals surface area (Å²) in [7, 11) is 0. The molecule has 2 rings (SSSR count). The van der Waals surface area contributed by atoms with Gasteiger partial charge in [0.2, 0.25) is 0 Å². The van der Waals surface area contributed by atoms with Crippen molar-refractivity contribution in [1.82, 2.24) is 10.3 Å². The van der Waals surface area contributed by atoms with Gasteiger partial charge in [-0.1, -0.05) is 19.9 Å². The first-order valence-corrected chi connectivity index (χ1v) is 6.02. The molecule has 0 amide bonds. The molecule has 2 nitrogen and oxygen atoms in total. The van der Waals surface area contributed by atoms with Gasteiger partial charge in [0.15, 0.2) is 0 Å². The average Bonchev–Trinajstić information content (AvgIpc) is 2.18. The Morgan fingerprint density at radius 1 is 1.33 bits per heavy atom. The van der Waals surface area contributed by atoms with Gasteiger partial charge in [-0.2, -0.15) is 0 Å². The van der Waals surface area contributed by atoms with E-state index in [-0.39, 0.29) is 0 Å². The van der Waals surface area contributed by atoms with Crippen molar-refractivity contribution in [1.29, 1.82) is 0 Å². The minimum Gasteiger partial charge on any atom is -0.315 e. The topological polar surface area (TPSA) is 24.9 Å². The molecular formula is C13H20N2. The smallest absolute Gasteiger partial charge is 0.0463 e. The Morgan fingerprint density at radius 2 is 2.07 bits per heavy atom. The van der Waals surface area contributed by atoms with E-state index in [9.17, 15) is 0 Å². The molecule has 15 heavy (non-hydrogen) atoms. The summed E-state index contributed by atoms with van der Waals surface area (Å²) in [5.41, 5.74) is 2.56. The maximum Gasteiger partial charge on any atom is 0.0463 e. The van der Waals surface area contributed by atoms with Crippen LogP contribution in [0.15, 0.2) is 18.2 Å². The summed E-state index contributed by atoms with van der Waals surface area (Å²) in [4.78, 5) is 4.80. The van der Waals surface area contributed by atoms with Gasteiger partial charge in [-0.25, -0.2) is 0 Å². The van der Waals surface area contributed by atoms with Gasteiger partial charge in [-0.3, -0.25) is 4.98 Å². The Labute approximate surface area is 92.1 Å². The second kappa shape index (κ2) is 4.75. The standard InChI is InChI=1S/C13H20N2/c1-3-10(4-2)12-6-5-7-13(15-12)11-8-14-9-11/h5-7,10-11,14H,3-4,8-9H2,1-2H3.